The highest BCUT2D eigenvalue weighted by Gasteiger charge is 2.16. The van der Waals surface area contributed by atoms with Gasteiger partial charge in [-0.25, -0.2) is 0 Å². The number of hydrogen-bond donors (Lipinski definition) is 1. The summed E-state index contributed by atoms with van der Waals surface area (Å²) in [7, 11) is 0. The molecular formula is C15H15ClN2O3. The number of hydrogen-bond acceptors (Lipinski definition) is 4. The van der Waals surface area contributed by atoms with Crippen molar-refractivity contribution in [3.05, 3.63) is 63.2 Å². The number of benzene rings is 2. The maximum atomic E-state index is 11.0. The van der Waals surface area contributed by atoms with Crippen LogP contribution in [0.4, 0.5) is 11.4 Å². The Bertz CT molecular complexity index is 647. The van der Waals surface area contributed by atoms with Crippen LogP contribution in [0.1, 0.15) is 12.5 Å². The molecule has 0 amide bonds. The molecule has 110 valence electrons. The molecule has 21 heavy (non-hydrogen) atoms. The molecule has 2 aromatic rings. The fourth-order valence-corrected chi connectivity index (χ4v) is 2.18. The molecule has 0 fully saturated rings. The second-order valence-corrected chi connectivity index (χ2v) is 4.73. The number of para-hydroxylation sites is 1. The van der Waals surface area contributed by atoms with Gasteiger partial charge in [0.2, 0.25) is 0 Å². The summed E-state index contributed by atoms with van der Waals surface area (Å²) in [5.41, 5.74) is 1.24. The number of rotatable bonds is 6. The van der Waals surface area contributed by atoms with Gasteiger partial charge < -0.3 is 10.1 Å². The van der Waals surface area contributed by atoms with Crippen LogP contribution < -0.4 is 10.1 Å². The van der Waals surface area contributed by atoms with Gasteiger partial charge in [0, 0.05) is 12.6 Å². The molecule has 0 radical (unpaired) electrons. The van der Waals surface area contributed by atoms with E-state index < -0.39 is 4.92 Å². The van der Waals surface area contributed by atoms with Crippen molar-refractivity contribution < 1.29 is 9.66 Å². The summed E-state index contributed by atoms with van der Waals surface area (Å²) in [6.07, 6.45) is 0. The third-order valence-corrected chi connectivity index (χ3v) is 3.18. The van der Waals surface area contributed by atoms with Gasteiger partial charge in [0.1, 0.15) is 11.4 Å². The molecule has 0 saturated carbocycles. The Morgan fingerprint density at radius 2 is 2.05 bits per heavy atom. The molecule has 0 spiro atoms. The van der Waals surface area contributed by atoms with E-state index in [1.54, 1.807) is 12.1 Å². The van der Waals surface area contributed by atoms with E-state index >= 15 is 0 Å². The van der Waals surface area contributed by atoms with Crippen LogP contribution in [0.15, 0.2) is 42.5 Å². The summed E-state index contributed by atoms with van der Waals surface area (Å²) < 4.78 is 5.42. The van der Waals surface area contributed by atoms with Gasteiger partial charge in [0.15, 0.2) is 0 Å². The lowest BCUT2D eigenvalue weighted by Crippen LogP contribution is -2.03. The highest BCUT2D eigenvalue weighted by molar-refractivity contribution is 6.33. The number of halogens is 1. The van der Waals surface area contributed by atoms with E-state index in [0.717, 1.165) is 11.3 Å². The molecule has 2 rings (SSSR count). The number of ether oxygens (including phenoxy) is 1. The van der Waals surface area contributed by atoms with E-state index in [4.69, 9.17) is 16.3 Å². The Hall–Kier alpha value is -2.27. The van der Waals surface area contributed by atoms with Crippen molar-refractivity contribution in [2.24, 2.45) is 0 Å². The number of anilines is 1. The number of nitrogens with one attached hydrogen (secondary N) is 1. The second kappa shape index (κ2) is 6.95. The van der Waals surface area contributed by atoms with E-state index in [9.17, 15) is 10.1 Å². The lowest BCUT2D eigenvalue weighted by Gasteiger charge is -2.10. The average molecular weight is 307 g/mol. The molecule has 0 saturated heterocycles. The number of nitro benzene ring substituents is 1. The Morgan fingerprint density at radius 3 is 2.76 bits per heavy atom. The lowest BCUT2D eigenvalue weighted by molar-refractivity contribution is -0.383. The zero-order valence-corrected chi connectivity index (χ0v) is 12.3. The topological polar surface area (TPSA) is 64.4 Å². The standard InChI is InChI=1S/C15H15ClN2O3/c1-2-21-12-6-3-5-11(9-12)10-17-15-13(16)7-4-8-14(15)18(19)20/h3-9,17H,2,10H2,1H3. The lowest BCUT2D eigenvalue weighted by atomic mass is 10.2. The molecule has 1 N–H and O–H groups in total. The summed E-state index contributed by atoms with van der Waals surface area (Å²) in [5.74, 6) is 0.769. The minimum absolute atomic E-state index is 0.0385. The van der Waals surface area contributed by atoms with Crippen molar-refractivity contribution in [3.63, 3.8) is 0 Å². The molecule has 0 aromatic heterocycles. The van der Waals surface area contributed by atoms with E-state index in [-0.39, 0.29) is 5.69 Å². The van der Waals surface area contributed by atoms with Crippen LogP contribution >= 0.6 is 11.6 Å². The molecule has 0 unspecified atom stereocenters. The summed E-state index contributed by atoms with van der Waals surface area (Å²) in [4.78, 5) is 10.6. The molecular weight excluding hydrogens is 292 g/mol. The molecule has 0 atom stereocenters. The minimum atomic E-state index is -0.454. The van der Waals surface area contributed by atoms with Gasteiger partial charge in [-0.15, -0.1) is 0 Å². The molecule has 0 heterocycles. The number of nitrogens with zero attached hydrogens (tertiary/aromatic N) is 1. The average Bonchev–Trinajstić information content (AvgIpc) is 2.46. The van der Waals surface area contributed by atoms with Gasteiger partial charge in [0.25, 0.3) is 5.69 Å². The third-order valence-electron chi connectivity index (χ3n) is 2.87. The summed E-state index contributed by atoms with van der Waals surface area (Å²) in [6, 6.07) is 12.1. The maximum Gasteiger partial charge on any atom is 0.293 e. The van der Waals surface area contributed by atoms with Crippen molar-refractivity contribution in [1.29, 1.82) is 0 Å². The first-order valence-corrected chi connectivity index (χ1v) is 6.88. The fraction of sp³-hybridized carbons (Fsp3) is 0.200. The van der Waals surface area contributed by atoms with Crippen LogP contribution in [0, 0.1) is 10.1 Å². The molecule has 2 aromatic carbocycles. The van der Waals surface area contributed by atoms with E-state index in [0.29, 0.717) is 23.9 Å². The minimum Gasteiger partial charge on any atom is -0.494 e. The zero-order chi connectivity index (χ0) is 15.2. The molecule has 0 aliphatic heterocycles. The van der Waals surface area contributed by atoms with Crippen molar-refractivity contribution in [2.75, 3.05) is 11.9 Å². The van der Waals surface area contributed by atoms with Crippen molar-refractivity contribution in [2.45, 2.75) is 13.5 Å². The molecule has 0 bridgehead atoms. The SMILES string of the molecule is CCOc1cccc(CNc2c(Cl)cccc2[N+](=O)[O-])c1. The quantitative estimate of drug-likeness (QED) is 0.640. The fourth-order valence-electron chi connectivity index (χ4n) is 1.94. The van der Waals surface area contributed by atoms with Crippen LogP contribution in [0.3, 0.4) is 0 Å². The van der Waals surface area contributed by atoms with Crippen molar-refractivity contribution in [1.82, 2.24) is 0 Å². The Kier molecular flexibility index (Phi) is 5.00. The van der Waals surface area contributed by atoms with Gasteiger partial charge >= 0.3 is 0 Å². The van der Waals surface area contributed by atoms with Crippen LogP contribution in [-0.4, -0.2) is 11.5 Å². The maximum absolute atomic E-state index is 11.0. The normalized spacial score (nSPS) is 10.2. The largest absolute Gasteiger partial charge is 0.494 e. The predicted molar refractivity (Wildman–Crippen MR) is 83.0 cm³/mol. The highest BCUT2D eigenvalue weighted by Crippen LogP contribution is 2.32. The number of nitro groups is 1. The van der Waals surface area contributed by atoms with Crippen molar-refractivity contribution >= 4 is 23.0 Å². The third kappa shape index (κ3) is 3.86. The monoisotopic (exact) mass is 306 g/mol. The predicted octanol–water partition coefficient (Wildman–Crippen LogP) is 4.26. The van der Waals surface area contributed by atoms with Crippen LogP contribution in [0.5, 0.6) is 5.75 Å². The first kappa shape index (κ1) is 15.1. The Balaban J connectivity index is 2.16. The smallest absolute Gasteiger partial charge is 0.293 e. The first-order chi connectivity index (χ1) is 10.1. The Labute approximate surface area is 127 Å². The summed E-state index contributed by atoms with van der Waals surface area (Å²) in [5, 5.41) is 14.4. The van der Waals surface area contributed by atoms with E-state index in [1.807, 2.05) is 31.2 Å². The van der Waals surface area contributed by atoms with Crippen LogP contribution in [-0.2, 0) is 6.54 Å². The zero-order valence-electron chi connectivity index (χ0n) is 11.5. The van der Waals surface area contributed by atoms with Gasteiger partial charge in [-0.3, -0.25) is 10.1 Å². The van der Waals surface area contributed by atoms with Crippen molar-refractivity contribution in [3.8, 4) is 5.75 Å². The van der Waals surface area contributed by atoms with Gasteiger partial charge in [0.05, 0.1) is 16.6 Å². The van der Waals surface area contributed by atoms with Gasteiger partial charge in [-0.05, 0) is 30.7 Å². The molecule has 0 aliphatic carbocycles. The van der Waals surface area contributed by atoms with E-state index in [2.05, 4.69) is 5.32 Å². The second-order valence-electron chi connectivity index (χ2n) is 4.33. The van der Waals surface area contributed by atoms with Gasteiger partial charge in [-0.1, -0.05) is 29.8 Å². The highest BCUT2D eigenvalue weighted by atomic mass is 35.5. The molecule has 0 aliphatic rings. The summed E-state index contributed by atoms with van der Waals surface area (Å²) >= 11 is 6.03. The van der Waals surface area contributed by atoms with Crippen LogP contribution in [0.2, 0.25) is 5.02 Å². The first-order valence-electron chi connectivity index (χ1n) is 6.50. The van der Waals surface area contributed by atoms with Crippen LogP contribution in [0.25, 0.3) is 0 Å². The molecule has 5 nitrogen and oxygen atoms in total. The Morgan fingerprint density at radius 1 is 1.29 bits per heavy atom. The van der Waals surface area contributed by atoms with E-state index in [1.165, 1.54) is 6.07 Å². The van der Waals surface area contributed by atoms with Gasteiger partial charge in [-0.2, -0.15) is 0 Å². The molecule has 6 heteroatoms. The summed E-state index contributed by atoms with van der Waals surface area (Å²) in [6.45, 7) is 2.93.